The fourth-order valence-corrected chi connectivity index (χ4v) is 4.08. The Hall–Kier alpha value is -4.92. The van der Waals surface area contributed by atoms with Gasteiger partial charge < -0.3 is 40.3 Å². The smallest absolute Gasteiger partial charge is 0.278 e. The molecule has 0 aromatic carbocycles. The van der Waals surface area contributed by atoms with Crippen LogP contribution in [0.25, 0.3) is 11.2 Å². The first kappa shape index (κ1) is 27.1. The van der Waals surface area contributed by atoms with E-state index in [0.717, 1.165) is 13.0 Å². The molecule has 206 valence electrons. The minimum absolute atomic E-state index is 0.0668. The molecule has 15 heteroatoms. The summed E-state index contributed by atoms with van der Waals surface area (Å²) >= 11 is 0. The maximum absolute atomic E-state index is 12.9. The van der Waals surface area contributed by atoms with Crippen molar-refractivity contribution in [1.82, 2.24) is 38.9 Å². The molecule has 4 heterocycles. The Kier molecular flexibility index (Phi) is 7.80. The Bertz CT molecular complexity index is 1590. The standard InChI is InChI=1S/C24H31N11O4/c1-32(2)7-5-6-26-21(37)16-9-15(11-33(16)3)29-22(38)17-8-14(10-34(17)4)28-18(36)12-35-13-27-20-19(35)23(39)31-24(25)30-20/h8-11,13H,5-7,12H2,1-4H3,(H,26,37)(H,28,36)(H,29,38)(H3,25,30,31,39). The summed E-state index contributed by atoms with van der Waals surface area (Å²) in [6, 6.07) is 3.13. The van der Waals surface area contributed by atoms with Crippen LogP contribution in [0.3, 0.4) is 0 Å². The zero-order valence-electron chi connectivity index (χ0n) is 22.1. The summed E-state index contributed by atoms with van der Waals surface area (Å²) in [5.41, 5.74) is 6.82. The maximum atomic E-state index is 12.9. The number of aryl methyl sites for hydroxylation is 2. The molecule has 0 fully saturated rings. The van der Waals surface area contributed by atoms with E-state index in [1.165, 1.54) is 17.0 Å². The van der Waals surface area contributed by atoms with Gasteiger partial charge in [-0.2, -0.15) is 4.98 Å². The number of H-pyrrole nitrogens is 1. The van der Waals surface area contributed by atoms with E-state index in [4.69, 9.17) is 5.73 Å². The predicted octanol–water partition coefficient (Wildman–Crippen LogP) is -0.0487. The van der Waals surface area contributed by atoms with Crippen molar-refractivity contribution in [3.05, 3.63) is 52.6 Å². The number of hydrogen-bond acceptors (Lipinski definition) is 8. The van der Waals surface area contributed by atoms with E-state index in [9.17, 15) is 19.2 Å². The fourth-order valence-electron chi connectivity index (χ4n) is 4.08. The number of nitrogens with zero attached hydrogens (tertiary/aromatic N) is 6. The fraction of sp³-hybridized carbons (Fsp3) is 0.333. The number of amides is 3. The van der Waals surface area contributed by atoms with Crippen LogP contribution in [0.5, 0.6) is 0 Å². The summed E-state index contributed by atoms with van der Waals surface area (Å²) in [6.07, 6.45) is 5.39. The predicted molar refractivity (Wildman–Crippen MR) is 145 cm³/mol. The van der Waals surface area contributed by atoms with Gasteiger partial charge in [-0.3, -0.25) is 24.2 Å². The van der Waals surface area contributed by atoms with Gasteiger partial charge in [-0.15, -0.1) is 0 Å². The van der Waals surface area contributed by atoms with Gasteiger partial charge in [0.2, 0.25) is 11.9 Å². The van der Waals surface area contributed by atoms with Crippen molar-refractivity contribution in [2.24, 2.45) is 14.1 Å². The molecular formula is C24H31N11O4. The molecule has 0 aliphatic carbocycles. The number of nitrogens with two attached hydrogens (primary N) is 1. The molecule has 0 saturated carbocycles. The number of hydrogen-bond donors (Lipinski definition) is 5. The lowest BCUT2D eigenvalue weighted by molar-refractivity contribution is -0.116. The summed E-state index contributed by atoms with van der Waals surface area (Å²) in [7, 11) is 7.34. The molecule has 0 saturated heterocycles. The van der Waals surface area contributed by atoms with Gasteiger partial charge in [-0.05, 0) is 39.2 Å². The Balaban J connectivity index is 1.38. The van der Waals surface area contributed by atoms with Crippen molar-refractivity contribution in [3.8, 4) is 0 Å². The minimum Gasteiger partial charge on any atom is -0.369 e. The number of aromatic amines is 1. The highest BCUT2D eigenvalue weighted by molar-refractivity contribution is 6.05. The van der Waals surface area contributed by atoms with Crippen LogP contribution in [-0.2, 0) is 25.4 Å². The number of imidazole rings is 1. The van der Waals surface area contributed by atoms with Gasteiger partial charge in [0.1, 0.15) is 17.9 Å². The second-order valence-corrected chi connectivity index (χ2v) is 9.36. The normalized spacial score (nSPS) is 11.2. The molecule has 6 N–H and O–H groups in total. The molecule has 0 bridgehead atoms. The number of fused-ring (bicyclic) bond motifs is 1. The summed E-state index contributed by atoms with van der Waals surface area (Å²) < 4.78 is 4.57. The summed E-state index contributed by atoms with van der Waals surface area (Å²) in [4.78, 5) is 62.7. The zero-order chi connectivity index (χ0) is 28.3. The average molecular weight is 538 g/mol. The first-order chi connectivity index (χ1) is 18.5. The topological polar surface area (TPSA) is 190 Å². The van der Waals surface area contributed by atoms with Crippen LogP contribution in [0.1, 0.15) is 27.4 Å². The molecule has 0 aliphatic rings. The van der Waals surface area contributed by atoms with Crippen molar-refractivity contribution < 1.29 is 14.4 Å². The third kappa shape index (κ3) is 6.32. The van der Waals surface area contributed by atoms with Crippen LogP contribution >= 0.6 is 0 Å². The van der Waals surface area contributed by atoms with E-state index >= 15 is 0 Å². The third-order valence-corrected chi connectivity index (χ3v) is 5.90. The molecule has 0 unspecified atom stereocenters. The van der Waals surface area contributed by atoms with E-state index in [0.29, 0.717) is 23.6 Å². The van der Waals surface area contributed by atoms with Gasteiger partial charge in [-0.1, -0.05) is 0 Å². The van der Waals surface area contributed by atoms with Crippen LogP contribution in [0.2, 0.25) is 0 Å². The van der Waals surface area contributed by atoms with Crippen molar-refractivity contribution in [2.75, 3.05) is 43.6 Å². The largest absolute Gasteiger partial charge is 0.369 e. The van der Waals surface area contributed by atoms with E-state index in [2.05, 4.69) is 30.9 Å². The highest BCUT2D eigenvalue weighted by atomic mass is 16.2. The molecule has 4 aromatic rings. The molecule has 3 amide bonds. The van der Waals surface area contributed by atoms with Crippen LogP contribution in [-0.4, -0.2) is 78.5 Å². The number of carbonyl (C=O) groups excluding carboxylic acids is 3. The van der Waals surface area contributed by atoms with Crippen molar-refractivity contribution in [2.45, 2.75) is 13.0 Å². The van der Waals surface area contributed by atoms with Crippen molar-refractivity contribution >= 4 is 46.2 Å². The summed E-state index contributed by atoms with van der Waals surface area (Å²) in [6.45, 7) is 1.20. The highest BCUT2D eigenvalue weighted by Gasteiger charge is 2.18. The SMILES string of the molecule is CN(C)CCCNC(=O)c1cc(NC(=O)c2cc(NC(=O)Cn3cnc4nc(N)[nH]c(=O)c43)cn2C)cn1C. The molecule has 0 radical (unpaired) electrons. The summed E-state index contributed by atoms with van der Waals surface area (Å²) in [5.74, 6) is -1.15. The lowest BCUT2D eigenvalue weighted by Gasteiger charge is -2.10. The summed E-state index contributed by atoms with van der Waals surface area (Å²) in [5, 5.41) is 8.37. The number of rotatable bonds is 10. The first-order valence-electron chi connectivity index (χ1n) is 12.1. The van der Waals surface area contributed by atoms with Crippen molar-refractivity contribution in [3.63, 3.8) is 0 Å². The van der Waals surface area contributed by atoms with E-state index in [1.54, 1.807) is 41.7 Å². The van der Waals surface area contributed by atoms with Crippen LogP contribution in [0.4, 0.5) is 17.3 Å². The van der Waals surface area contributed by atoms with Gasteiger partial charge >= 0.3 is 0 Å². The molecule has 4 aromatic heterocycles. The molecule has 0 atom stereocenters. The van der Waals surface area contributed by atoms with Crippen LogP contribution in [0.15, 0.2) is 35.6 Å². The minimum atomic E-state index is -0.507. The zero-order valence-corrected chi connectivity index (χ0v) is 22.1. The Labute approximate surface area is 223 Å². The number of anilines is 3. The molecule has 15 nitrogen and oxygen atoms in total. The van der Waals surface area contributed by atoms with E-state index in [-0.39, 0.29) is 35.3 Å². The lowest BCUT2D eigenvalue weighted by Crippen LogP contribution is -2.28. The monoisotopic (exact) mass is 537 g/mol. The maximum Gasteiger partial charge on any atom is 0.278 e. The Morgan fingerprint density at radius 2 is 1.67 bits per heavy atom. The van der Waals surface area contributed by atoms with Gasteiger partial charge in [0.15, 0.2) is 11.2 Å². The second-order valence-electron chi connectivity index (χ2n) is 9.36. The quantitative estimate of drug-likeness (QED) is 0.174. The van der Waals surface area contributed by atoms with Crippen LogP contribution in [0, 0.1) is 0 Å². The first-order valence-corrected chi connectivity index (χ1v) is 12.1. The van der Waals surface area contributed by atoms with Gasteiger partial charge in [0.25, 0.3) is 17.4 Å². The lowest BCUT2D eigenvalue weighted by atomic mass is 10.3. The van der Waals surface area contributed by atoms with Gasteiger partial charge in [0.05, 0.1) is 17.7 Å². The highest BCUT2D eigenvalue weighted by Crippen LogP contribution is 2.18. The molecular weight excluding hydrogens is 506 g/mol. The number of aromatic nitrogens is 6. The number of carbonyl (C=O) groups is 3. The Morgan fingerprint density at radius 3 is 2.33 bits per heavy atom. The molecule has 4 rings (SSSR count). The van der Waals surface area contributed by atoms with Crippen molar-refractivity contribution in [1.29, 1.82) is 0 Å². The van der Waals surface area contributed by atoms with Crippen LogP contribution < -0.4 is 27.2 Å². The molecule has 0 aliphatic heterocycles. The third-order valence-electron chi connectivity index (χ3n) is 5.90. The molecule has 39 heavy (non-hydrogen) atoms. The average Bonchev–Trinajstić information content (AvgIpc) is 3.53. The second kappa shape index (κ2) is 11.2. The molecule has 0 spiro atoms. The van der Waals surface area contributed by atoms with Gasteiger partial charge in [0, 0.05) is 33.0 Å². The Morgan fingerprint density at radius 1 is 1.03 bits per heavy atom. The van der Waals surface area contributed by atoms with E-state index < -0.39 is 17.4 Å². The van der Waals surface area contributed by atoms with Gasteiger partial charge in [-0.25, -0.2) is 4.98 Å². The number of nitrogens with one attached hydrogen (secondary N) is 4. The number of nitrogen functional groups attached to an aromatic ring is 1. The van der Waals surface area contributed by atoms with E-state index in [1.807, 2.05) is 19.0 Å².